The van der Waals surface area contributed by atoms with Crippen molar-refractivity contribution in [1.82, 2.24) is 14.5 Å². The van der Waals surface area contributed by atoms with Crippen LogP contribution in [0.3, 0.4) is 0 Å². The largest absolute Gasteiger partial charge is 0.337 e. The summed E-state index contributed by atoms with van der Waals surface area (Å²) in [5.41, 5.74) is 2.87. The number of carbonyl (C=O) groups excluding carboxylic acids is 1. The van der Waals surface area contributed by atoms with Crippen molar-refractivity contribution in [3.05, 3.63) is 50.6 Å². The van der Waals surface area contributed by atoms with Crippen LogP contribution in [0.2, 0.25) is 0 Å². The van der Waals surface area contributed by atoms with Crippen molar-refractivity contribution in [2.75, 3.05) is 5.75 Å². The van der Waals surface area contributed by atoms with Gasteiger partial charge in [-0.1, -0.05) is 37.2 Å². The highest BCUT2D eigenvalue weighted by Crippen LogP contribution is 2.32. The summed E-state index contributed by atoms with van der Waals surface area (Å²) < 4.78 is 1.70. The molecule has 0 radical (unpaired) electrons. The normalized spacial score (nSPS) is 18.8. The van der Waals surface area contributed by atoms with E-state index in [1.54, 1.807) is 15.9 Å². The van der Waals surface area contributed by atoms with Gasteiger partial charge in [0.2, 0.25) is 5.91 Å². The fourth-order valence-electron chi connectivity index (χ4n) is 4.88. The minimum atomic E-state index is -0.0450. The Balaban J connectivity index is 1.76. The van der Waals surface area contributed by atoms with Crippen molar-refractivity contribution in [2.24, 2.45) is 0 Å². The van der Waals surface area contributed by atoms with E-state index in [1.165, 1.54) is 23.1 Å². The van der Waals surface area contributed by atoms with Gasteiger partial charge in [0.25, 0.3) is 5.56 Å². The Hall–Kier alpha value is -2.12. The molecule has 0 unspecified atom stereocenters. The summed E-state index contributed by atoms with van der Waals surface area (Å²) in [6, 6.07) is 8.44. The maximum absolute atomic E-state index is 13.8. The lowest BCUT2D eigenvalue weighted by Crippen LogP contribution is -2.48. The molecule has 33 heavy (non-hydrogen) atoms. The van der Waals surface area contributed by atoms with Crippen LogP contribution >= 0.6 is 23.1 Å². The molecule has 1 aromatic carbocycles. The Kier molecular flexibility index (Phi) is 7.29. The molecular weight excluding hydrogens is 450 g/mol. The topological polar surface area (TPSA) is 55.2 Å². The summed E-state index contributed by atoms with van der Waals surface area (Å²) in [5, 5.41) is 1.30. The minimum absolute atomic E-state index is 0.0450. The van der Waals surface area contributed by atoms with Crippen LogP contribution in [-0.4, -0.2) is 38.2 Å². The Labute approximate surface area is 204 Å². The molecule has 1 aliphatic heterocycles. The molecule has 0 spiro atoms. The SMILES string of the molecule is CCCc1sc2nc(SCC(=O)N3[C@@H](C)CCC[C@@H]3C)n(-c3cccc(C)c3)c(=O)c2c1C. The highest BCUT2D eigenvalue weighted by atomic mass is 32.2. The lowest BCUT2D eigenvalue weighted by Gasteiger charge is -2.39. The van der Waals surface area contributed by atoms with Gasteiger partial charge >= 0.3 is 0 Å². The average molecular weight is 484 g/mol. The number of thiophene rings is 1. The van der Waals surface area contributed by atoms with Gasteiger partial charge in [-0.15, -0.1) is 11.3 Å². The molecule has 7 heteroatoms. The number of hydrogen-bond donors (Lipinski definition) is 0. The maximum Gasteiger partial charge on any atom is 0.267 e. The molecule has 2 atom stereocenters. The summed E-state index contributed by atoms with van der Waals surface area (Å²) in [6.07, 6.45) is 5.24. The van der Waals surface area contributed by atoms with E-state index in [-0.39, 0.29) is 29.3 Å². The van der Waals surface area contributed by atoms with Crippen molar-refractivity contribution in [2.45, 2.75) is 84.0 Å². The number of hydrogen-bond acceptors (Lipinski definition) is 5. The molecule has 5 nitrogen and oxygen atoms in total. The Morgan fingerprint density at radius 1 is 1.21 bits per heavy atom. The van der Waals surface area contributed by atoms with E-state index in [0.29, 0.717) is 10.5 Å². The van der Waals surface area contributed by atoms with Crippen molar-refractivity contribution in [1.29, 1.82) is 0 Å². The van der Waals surface area contributed by atoms with Gasteiger partial charge in [0.15, 0.2) is 5.16 Å². The van der Waals surface area contributed by atoms with Gasteiger partial charge in [0.1, 0.15) is 4.83 Å². The molecule has 0 aliphatic carbocycles. The van der Waals surface area contributed by atoms with Gasteiger partial charge in [-0.05, 0) is 76.6 Å². The van der Waals surface area contributed by atoms with Gasteiger partial charge < -0.3 is 4.90 Å². The fourth-order valence-corrected chi connectivity index (χ4v) is 7.08. The van der Waals surface area contributed by atoms with Gasteiger partial charge in [-0.25, -0.2) is 4.98 Å². The first-order valence-corrected chi connectivity index (χ1v) is 13.7. The summed E-state index contributed by atoms with van der Waals surface area (Å²) in [6.45, 7) is 10.5. The third kappa shape index (κ3) is 4.76. The molecule has 3 aromatic rings. The molecule has 3 heterocycles. The van der Waals surface area contributed by atoms with Crippen molar-refractivity contribution < 1.29 is 4.79 Å². The summed E-state index contributed by atoms with van der Waals surface area (Å²) >= 11 is 2.99. The number of piperidine rings is 1. The minimum Gasteiger partial charge on any atom is -0.337 e. The molecule has 1 amide bonds. The number of nitrogens with zero attached hydrogens (tertiary/aromatic N) is 3. The Morgan fingerprint density at radius 2 is 1.94 bits per heavy atom. The number of carbonyl (C=O) groups is 1. The molecule has 4 rings (SSSR count). The van der Waals surface area contributed by atoms with Crippen molar-refractivity contribution >= 4 is 39.2 Å². The van der Waals surface area contributed by atoms with E-state index in [1.807, 2.05) is 43.0 Å². The van der Waals surface area contributed by atoms with Crippen molar-refractivity contribution in [3.8, 4) is 5.69 Å². The zero-order valence-corrected chi connectivity index (χ0v) is 21.8. The van der Waals surface area contributed by atoms with Crippen LogP contribution in [0.4, 0.5) is 0 Å². The average Bonchev–Trinajstić information content (AvgIpc) is 3.08. The van der Waals surface area contributed by atoms with Crippen LogP contribution in [0, 0.1) is 13.8 Å². The second-order valence-electron chi connectivity index (χ2n) is 9.17. The molecule has 176 valence electrons. The number of rotatable bonds is 6. The number of benzene rings is 1. The highest BCUT2D eigenvalue weighted by molar-refractivity contribution is 7.99. The van der Waals surface area contributed by atoms with Crippen LogP contribution in [-0.2, 0) is 11.2 Å². The zero-order chi connectivity index (χ0) is 23.7. The second-order valence-corrected chi connectivity index (χ2v) is 11.2. The molecule has 1 saturated heterocycles. The van der Waals surface area contributed by atoms with Crippen LogP contribution in [0.25, 0.3) is 15.9 Å². The van der Waals surface area contributed by atoms with Crippen molar-refractivity contribution in [3.63, 3.8) is 0 Å². The summed E-state index contributed by atoms with van der Waals surface area (Å²) in [7, 11) is 0. The molecule has 1 aliphatic rings. The van der Waals surface area contributed by atoms with Crippen LogP contribution < -0.4 is 5.56 Å². The van der Waals surface area contributed by atoms with Crippen LogP contribution in [0.5, 0.6) is 0 Å². The number of likely N-dealkylation sites (tertiary alicyclic amines) is 1. The molecule has 1 fully saturated rings. The molecule has 0 saturated carbocycles. The molecular formula is C26H33N3O2S2. The fraction of sp³-hybridized carbons (Fsp3) is 0.500. The molecule has 0 N–H and O–H groups in total. The van der Waals surface area contributed by atoms with E-state index in [2.05, 4.69) is 20.8 Å². The number of aromatic nitrogens is 2. The predicted molar refractivity (Wildman–Crippen MR) is 139 cm³/mol. The molecule has 2 aromatic heterocycles. The first-order chi connectivity index (χ1) is 15.8. The number of aryl methyl sites for hydroxylation is 3. The number of fused-ring (bicyclic) bond motifs is 1. The summed E-state index contributed by atoms with van der Waals surface area (Å²) in [4.78, 5) is 35.9. The second kappa shape index (κ2) is 10.0. The van der Waals surface area contributed by atoms with Gasteiger partial charge in [-0.2, -0.15) is 0 Å². The lowest BCUT2D eigenvalue weighted by molar-refractivity contribution is -0.134. The number of amides is 1. The van der Waals surface area contributed by atoms with Gasteiger partial charge in [-0.3, -0.25) is 14.2 Å². The highest BCUT2D eigenvalue weighted by Gasteiger charge is 2.29. The standard InChI is InChI=1S/C26H33N3O2S2/c1-6-9-21-19(5)23-24(33-21)27-26(29(25(23)31)20-13-7-10-16(2)14-20)32-15-22(30)28-17(3)11-8-12-18(28)4/h7,10,13-14,17-18H,6,8-9,11-12,15H2,1-5H3/t17-,18-/m0/s1. The monoisotopic (exact) mass is 483 g/mol. The predicted octanol–water partition coefficient (Wildman–Crippen LogP) is 5.90. The van der Waals surface area contributed by atoms with Crippen LogP contribution in [0.1, 0.15) is 62.5 Å². The smallest absolute Gasteiger partial charge is 0.267 e. The summed E-state index contributed by atoms with van der Waals surface area (Å²) in [5.74, 6) is 0.406. The van der Waals surface area contributed by atoms with E-state index in [4.69, 9.17) is 4.98 Å². The third-order valence-corrected chi connectivity index (χ3v) is 8.74. The van der Waals surface area contributed by atoms with Gasteiger partial charge in [0, 0.05) is 17.0 Å². The lowest BCUT2D eigenvalue weighted by atomic mass is 9.98. The first kappa shape index (κ1) is 24.0. The van der Waals surface area contributed by atoms with Gasteiger partial charge in [0.05, 0.1) is 16.8 Å². The Morgan fingerprint density at radius 3 is 2.61 bits per heavy atom. The van der Waals surface area contributed by atoms with E-state index < -0.39 is 0 Å². The van der Waals surface area contributed by atoms with Crippen LogP contribution in [0.15, 0.2) is 34.2 Å². The van der Waals surface area contributed by atoms with E-state index in [9.17, 15) is 9.59 Å². The Bertz CT molecular complexity index is 1220. The quantitative estimate of drug-likeness (QED) is 0.324. The number of thioether (sulfide) groups is 1. The third-order valence-electron chi connectivity index (χ3n) is 6.58. The molecule has 0 bridgehead atoms. The first-order valence-electron chi connectivity index (χ1n) is 11.9. The van der Waals surface area contributed by atoms with E-state index in [0.717, 1.165) is 47.3 Å². The van der Waals surface area contributed by atoms with E-state index >= 15 is 0 Å². The maximum atomic E-state index is 13.8. The zero-order valence-electron chi connectivity index (χ0n) is 20.2.